The molecule has 102 valence electrons. The number of carbonyl (C=O) groups excluding carboxylic acids is 1. The van der Waals surface area contributed by atoms with Crippen molar-refractivity contribution in [2.24, 2.45) is 5.16 Å². The fourth-order valence-electron chi connectivity index (χ4n) is 1.83. The molecule has 1 aliphatic rings. The van der Waals surface area contributed by atoms with Gasteiger partial charge in [-0.15, -0.1) is 0 Å². The maximum absolute atomic E-state index is 12.1. The van der Waals surface area contributed by atoms with E-state index in [4.69, 9.17) is 4.84 Å². The van der Waals surface area contributed by atoms with E-state index in [0.717, 1.165) is 0 Å². The molecule has 0 saturated carbocycles. The number of amidine groups is 1. The molecule has 0 aromatic heterocycles. The summed E-state index contributed by atoms with van der Waals surface area (Å²) < 4.78 is 0. The third-order valence-corrected chi connectivity index (χ3v) is 2.89. The van der Waals surface area contributed by atoms with Gasteiger partial charge in [-0.1, -0.05) is 23.4 Å². The Morgan fingerprint density at radius 3 is 2.63 bits per heavy atom. The third kappa shape index (κ3) is 2.68. The molecule has 0 aliphatic carbocycles. The van der Waals surface area contributed by atoms with E-state index in [2.05, 4.69) is 10.5 Å². The number of carbonyl (C=O) groups is 1. The number of nitrogens with one attached hydrogen (secondary N) is 1. The number of benzene rings is 1. The van der Waals surface area contributed by atoms with Crippen LogP contribution in [0.15, 0.2) is 35.5 Å². The number of oxime groups is 1. The lowest BCUT2D eigenvalue weighted by molar-refractivity contribution is -0.181. The molecule has 0 radical (unpaired) electrons. The first kappa shape index (κ1) is 13.4. The van der Waals surface area contributed by atoms with Gasteiger partial charge in [-0.2, -0.15) is 0 Å². The summed E-state index contributed by atoms with van der Waals surface area (Å²) in [6.07, 6.45) is 0. The number of hydrogen-bond acceptors (Lipinski definition) is 5. The Labute approximate surface area is 111 Å². The summed E-state index contributed by atoms with van der Waals surface area (Å²) in [7, 11) is 3.54. The lowest BCUT2D eigenvalue weighted by Crippen LogP contribution is -2.55. The minimum Gasteiger partial charge on any atom is -0.362 e. The zero-order chi connectivity index (χ0) is 14.0. The van der Waals surface area contributed by atoms with Crippen molar-refractivity contribution in [3.05, 3.63) is 35.9 Å². The lowest BCUT2D eigenvalue weighted by Gasteiger charge is -2.26. The molecule has 1 aliphatic heterocycles. The van der Waals surface area contributed by atoms with Crippen LogP contribution in [0.5, 0.6) is 0 Å². The molecule has 19 heavy (non-hydrogen) atoms. The molecular weight excluding hydrogens is 246 g/mol. The zero-order valence-corrected chi connectivity index (χ0v) is 11.1. The van der Waals surface area contributed by atoms with Gasteiger partial charge in [0.15, 0.2) is 11.9 Å². The molecule has 0 spiro atoms. The Hall–Kier alpha value is -2.08. The van der Waals surface area contributed by atoms with E-state index in [0.29, 0.717) is 11.4 Å². The van der Waals surface area contributed by atoms with E-state index < -0.39 is 11.8 Å². The monoisotopic (exact) mass is 263 g/mol. The fraction of sp³-hybridized carbons (Fsp3) is 0.385. The van der Waals surface area contributed by atoms with Crippen molar-refractivity contribution in [2.75, 3.05) is 14.1 Å². The van der Waals surface area contributed by atoms with Gasteiger partial charge in [0.25, 0.3) is 11.7 Å². The van der Waals surface area contributed by atoms with Gasteiger partial charge >= 0.3 is 0 Å². The Bertz CT molecular complexity index is 497. The highest BCUT2D eigenvalue weighted by Gasteiger charge is 2.45. The van der Waals surface area contributed by atoms with Gasteiger partial charge < -0.3 is 20.2 Å². The molecule has 6 heteroatoms. The van der Waals surface area contributed by atoms with Crippen LogP contribution in [-0.4, -0.2) is 47.7 Å². The van der Waals surface area contributed by atoms with Crippen LogP contribution in [0, 0.1) is 0 Å². The maximum Gasteiger partial charge on any atom is 0.259 e. The summed E-state index contributed by atoms with van der Waals surface area (Å²) in [5.74, 6) is -1.37. The first-order chi connectivity index (χ1) is 8.92. The van der Waals surface area contributed by atoms with E-state index in [9.17, 15) is 9.90 Å². The van der Waals surface area contributed by atoms with E-state index >= 15 is 0 Å². The highest BCUT2D eigenvalue weighted by atomic mass is 16.7. The van der Waals surface area contributed by atoms with Crippen molar-refractivity contribution in [1.82, 2.24) is 10.2 Å². The second-order valence-corrected chi connectivity index (χ2v) is 4.76. The third-order valence-electron chi connectivity index (χ3n) is 2.89. The van der Waals surface area contributed by atoms with Crippen LogP contribution >= 0.6 is 0 Å². The molecule has 6 nitrogen and oxygen atoms in total. The minimum atomic E-state index is -1.55. The van der Waals surface area contributed by atoms with Crippen molar-refractivity contribution >= 4 is 11.7 Å². The Morgan fingerprint density at radius 1 is 1.42 bits per heavy atom. The van der Waals surface area contributed by atoms with E-state index in [1.54, 1.807) is 43.3 Å². The van der Waals surface area contributed by atoms with Crippen molar-refractivity contribution in [1.29, 1.82) is 0 Å². The van der Waals surface area contributed by atoms with E-state index in [1.165, 1.54) is 6.92 Å². The first-order valence-corrected chi connectivity index (χ1v) is 5.93. The number of nitrogens with zero attached hydrogens (tertiary/aromatic N) is 2. The molecule has 2 N–H and O–H groups in total. The predicted molar refractivity (Wildman–Crippen MR) is 70.5 cm³/mol. The Balaban J connectivity index is 2.17. The second-order valence-electron chi connectivity index (χ2n) is 4.76. The summed E-state index contributed by atoms with van der Waals surface area (Å²) in [6.45, 7) is 1.46. The molecule has 0 saturated heterocycles. The van der Waals surface area contributed by atoms with Gasteiger partial charge in [0, 0.05) is 26.6 Å². The summed E-state index contributed by atoms with van der Waals surface area (Å²) in [5.41, 5.74) is 0.517. The van der Waals surface area contributed by atoms with E-state index in [-0.39, 0.29) is 5.91 Å². The van der Waals surface area contributed by atoms with Gasteiger partial charge in [0.2, 0.25) is 0 Å². The van der Waals surface area contributed by atoms with Crippen LogP contribution in [-0.2, 0) is 4.84 Å². The van der Waals surface area contributed by atoms with Crippen molar-refractivity contribution in [2.45, 2.75) is 18.8 Å². The standard InChI is InChI=1S/C13H17N3O3/c1-13(18)10(11(15-19-13)16(2)3)14-12(17)9-7-5-4-6-8-9/h4-8,10,18H,1-3H3,(H,14,17)/t10-,13-/m1/s1. The number of rotatable bonds is 2. The minimum absolute atomic E-state index is 0.286. The molecule has 2 rings (SSSR count). The summed E-state index contributed by atoms with van der Waals surface area (Å²) in [4.78, 5) is 18.7. The van der Waals surface area contributed by atoms with Gasteiger partial charge in [0.1, 0.15) is 0 Å². The summed E-state index contributed by atoms with van der Waals surface area (Å²) in [5, 5.41) is 16.6. The average molecular weight is 263 g/mol. The Morgan fingerprint density at radius 2 is 2.05 bits per heavy atom. The Kier molecular flexibility index (Phi) is 3.44. The molecule has 2 atom stereocenters. The number of amides is 1. The van der Waals surface area contributed by atoms with Crippen molar-refractivity contribution in [3.63, 3.8) is 0 Å². The number of likely N-dealkylation sites (N-methyl/N-ethyl adjacent to an activating group) is 1. The summed E-state index contributed by atoms with van der Waals surface area (Å²) in [6, 6.07) is 8.07. The SMILES string of the molecule is CN(C)C1=NO[C@@](C)(O)[C@@H]1NC(=O)c1ccccc1. The maximum atomic E-state index is 12.1. The van der Waals surface area contributed by atoms with Gasteiger partial charge in [-0.05, 0) is 12.1 Å². The number of aliphatic hydroxyl groups is 1. The predicted octanol–water partition coefficient (Wildman–Crippen LogP) is 0.399. The van der Waals surface area contributed by atoms with Crippen LogP contribution in [0.4, 0.5) is 0 Å². The average Bonchev–Trinajstić information content (AvgIpc) is 2.66. The first-order valence-electron chi connectivity index (χ1n) is 5.93. The fourth-order valence-corrected chi connectivity index (χ4v) is 1.83. The second kappa shape index (κ2) is 4.89. The highest BCUT2D eigenvalue weighted by molar-refractivity contribution is 5.99. The molecule has 1 aromatic rings. The molecule has 0 bridgehead atoms. The zero-order valence-electron chi connectivity index (χ0n) is 11.1. The lowest BCUT2D eigenvalue weighted by atomic mass is 10.1. The molecule has 1 aromatic carbocycles. The summed E-state index contributed by atoms with van der Waals surface area (Å²) >= 11 is 0. The number of hydrogen-bond donors (Lipinski definition) is 2. The highest BCUT2D eigenvalue weighted by Crippen LogP contribution is 2.22. The van der Waals surface area contributed by atoms with Crippen molar-refractivity contribution < 1.29 is 14.7 Å². The topological polar surface area (TPSA) is 74.2 Å². The molecule has 1 heterocycles. The smallest absolute Gasteiger partial charge is 0.259 e. The van der Waals surface area contributed by atoms with Crippen LogP contribution in [0.3, 0.4) is 0 Å². The van der Waals surface area contributed by atoms with Gasteiger partial charge in [-0.3, -0.25) is 4.79 Å². The molecule has 1 amide bonds. The van der Waals surface area contributed by atoms with Crippen LogP contribution in [0.25, 0.3) is 0 Å². The normalized spacial score (nSPS) is 25.5. The van der Waals surface area contributed by atoms with Crippen molar-refractivity contribution in [3.8, 4) is 0 Å². The van der Waals surface area contributed by atoms with Crippen LogP contribution < -0.4 is 5.32 Å². The van der Waals surface area contributed by atoms with Crippen LogP contribution in [0.2, 0.25) is 0 Å². The molecular formula is C13H17N3O3. The van der Waals surface area contributed by atoms with E-state index in [1.807, 2.05) is 6.07 Å². The molecule has 0 fully saturated rings. The molecule has 0 unspecified atom stereocenters. The quantitative estimate of drug-likeness (QED) is 0.810. The van der Waals surface area contributed by atoms with Crippen LogP contribution in [0.1, 0.15) is 17.3 Å². The van der Waals surface area contributed by atoms with Gasteiger partial charge in [0.05, 0.1) is 0 Å². The largest absolute Gasteiger partial charge is 0.362 e. The van der Waals surface area contributed by atoms with Gasteiger partial charge in [-0.25, -0.2) is 0 Å².